The Morgan fingerprint density at radius 3 is 2.38 bits per heavy atom. The van der Waals surface area contributed by atoms with Crippen LogP contribution in [-0.4, -0.2) is 15.8 Å². The standard InChI is InChI=1S/C22H21N3O/c1-14-8-10-16(11-9-14)17-12-19-21(20(26)13-17)15(2)23-22(25-19)24-18-6-4-3-5-7-18/h3-11,17H,12-13H2,1-2H3,(H,23,24,25)/t17-/m1/s1. The van der Waals surface area contributed by atoms with Gasteiger partial charge >= 0.3 is 0 Å². The molecule has 1 aliphatic rings. The van der Waals surface area contributed by atoms with Gasteiger partial charge in [-0.2, -0.15) is 0 Å². The number of aromatic nitrogens is 2. The number of rotatable bonds is 3. The van der Waals surface area contributed by atoms with Gasteiger partial charge in [-0.3, -0.25) is 4.79 Å². The highest BCUT2D eigenvalue weighted by atomic mass is 16.1. The molecular weight excluding hydrogens is 322 g/mol. The number of Topliss-reactive ketones (excluding diaryl/α,β-unsaturated/α-hetero) is 1. The van der Waals surface area contributed by atoms with Crippen LogP contribution in [0.1, 0.15) is 45.2 Å². The number of anilines is 2. The van der Waals surface area contributed by atoms with Crippen molar-refractivity contribution in [2.24, 2.45) is 0 Å². The normalized spacial score (nSPS) is 16.2. The quantitative estimate of drug-likeness (QED) is 0.745. The SMILES string of the molecule is Cc1ccc([C@H]2CC(=O)c3c(C)nc(Nc4ccccc4)nc3C2)cc1. The molecule has 0 unspecified atom stereocenters. The van der Waals surface area contributed by atoms with Crippen molar-refractivity contribution in [3.63, 3.8) is 0 Å². The summed E-state index contributed by atoms with van der Waals surface area (Å²) in [6.07, 6.45) is 1.28. The van der Waals surface area contributed by atoms with Gasteiger partial charge in [0.25, 0.3) is 0 Å². The zero-order valence-corrected chi connectivity index (χ0v) is 15.0. The summed E-state index contributed by atoms with van der Waals surface area (Å²) < 4.78 is 0. The number of carbonyl (C=O) groups is 1. The number of hydrogen-bond acceptors (Lipinski definition) is 4. The van der Waals surface area contributed by atoms with Crippen molar-refractivity contribution in [2.75, 3.05) is 5.32 Å². The van der Waals surface area contributed by atoms with Crippen LogP contribution >= 0.6 is 0 Å². The molecule has 3 aromatic rings. The van der Waals surface area contributed by atoms with Crippen LogP contribution < -0.4 is 5.32 Å². The summed E-state index contributed by atoms with van der Waals surface area (Å²) in [4.78, 5) is 21.9. The summed E-state index contributed by atoms with van der Waals surface area (Å²) in [5, 5.41) is 3.24. The lowest BCUT2D eigenvalue weighted by Crippen LogP contribution is -2.22. The molecule has 0 amide bonds. The lowest BCUT2D eigenvalue weighted by atomic mass is 9.81. The van der Waals surface area contributed by atoms with Crippen LogP contribution in [0.2, 0.25) is 0 Å². The van der Waals surface area contributed by atoms with Crippen molar-refractivity contribution < 1.29 is 4.79 Å². The minimum Gasteiger partial charge on any atom is -0.324 e. The van der Waals surface area contributed by atoms with Crippen LogP contribution in [0.5, 0.6) is 0 Å². The number of benzene rings is 2. The molecule has 1 aliphatic carbocycles. The lowest BCUT2D eigenvalue weighted by Gasteiger charge is -2.24. The highest BCUT2D eigenvalue weighted by molar-refractivity contribution is 5.99. The highest BCUT2D eigenvalue weighted by Crippen LogP contribution is 2.33. The first-order valence-corrected chi connectivity index (χ1v) is 8.89. The van der Waals surface area contributed by atoms with E-state index in [-0.39, 0.29) is 11.7 Å². The molecule has 1 atom stereocenters. The van der Waals surface area contributed by atoms with E-state index in [2.05, 4.69) is 46.5 Å². The van der Waals surface area contributed by atoms with Crippen LogP contribution in [0.3, 0.4) is 0 Å². The molecule has 0 saturated carbocycles. The van der Waals surface area contributed by atoms with Gasteiger partial charge in [0.05, 0.1) is 17.0 Å². The predicted molar refractivity (Wildman–Crippen MR) is 103 cm³/mol. The van der Waals surface area contributed by atoms with Gasteiger partial charge in [-0.15, -0.1) is 0 Å². The van der Waals surface area contributed by atoms with E-state index in [1.807, 2.05) is 37.3 Å². The molecule has 4 heteroatoms. The summed E-state index contributed by atoms with van der Waals surface area (Å²) in [5.41, 5.74) is 5.65. The number of fused-ring (bicyclic) bond motifs is 1. The van der Waals surface area contributed by atoms with E-state index >= 15 is 0 Å². The second-order valence-corrected chi connectivity index (χ2v) is 6.88. The molecule has 2 aromatic carbocycles. The maximum absolute atomic E-state index is 12.7. The van der Waals surface area contributed by atoms with E-state index in [0.717, 1.165) is 23.5 Å². The van der Waals surface area contributed by atoms with Gasteiger partial charge in [0.15, 0.2) is 5.78 Å². The number of hydrogen-bond donors (Lipinski definition) is 1. The number of carbonyl (C=O) groups excluding carboxylic acids is 1. The molecule has 1 aromatic heterocycles. The molecule has 26 heavy (non-hydrogen) atoms. The molecule has 4 nitrogen and oxygen atoms in total. The van der Waals surface area contributed by atoms with E-state index in [4.69, 9.17) is 0 Å². The molecule has 0 bridgehead atoms. The van der Waals surface area contributed by atoms with Gasteiger partial charge in [-0.1, -0.05) is 48.0 Å². The van der Waals surface area contributed by atoms with Gasteiger partial charge < -0.3 is 5.32 Å². The van der Waals surface area contributed by atoms with Gasteiger partial charge in [0, 0.05) is 12.1 Å². The molecule has 0 radical (unpaired) electrons. The third-order valence-corrected chi connectivity index (χ3v) is 4.89. The van der Waals surface area contributed by atoms with Gasteiger partial charge in [-0.05, 0) is 43.9 Å². The average molecular weight is 343 g/mol. The van der Waals surface area contributed by atoms with E-state index in [1.165, 1.54) is 11.1 Å². The summed E-state index contributed by atoms with van der Waals surface area (Å²) >= 11 is 0. The molecule has 4 rings (SSSR count). The first-order valence-electron chi connectivity index (χ1n) is 8.89. The summed E-state index contributed by atoms with van der Waals surface area (Å²) in [5.74, 6) is 0.861. The Kier molecular flexibility index (Phi) is 4.25. The Balaban J connectivity index is 1.67. The van der Waals surface area contributed by atoms with Crippen LogP contribution in [-0.2, 0) is 6.42 Å². The smallest absolute Gasteiger partial charge is 0.227 e. The zero-order chi connectivity index (χ0) is 18.1. The van der Waals surface area contributed by atoms with Crippen LogP contribution in [0.25, 0.3) is 0 Å². The molecule has 0 fully saturated rings. The maximum Gasteiger partial charge on any atom is 0.227 e. The molecule has 0 saturated heterocycles. The van der Waals surface area contributed by atoms with Crippen LogP contribution in [0.15, 0.2) is 54.6 Å². The minimum atomic E-state index is 0.139. The van der Waals surface area contributed by atoms with Gasteiger partial charge in [-0.25, -0.2) is 9.97 Å². The number of ketones is 1. The topological polar surface area (TPSA) is 54.9 Å². The molecule has 1 heterocycles. The Bertz CT molecular complexity index is 949. The maximum atomic E-state index is 12.7. The van der Waals surface area contributed by atoms with Gasteiger partial charge in [0.1, 0.15) is 0 Å². The fourth-order valence-corrected chi connectivity index (χ4v) is 3.55. The summed E-state index contributed by atoms with van der Waals surface area (Å²) in [6.45, 7) is 3.96. The number of nitrogens with one attached hydrogen (secondary N) is 1. The molecule has 0 aliphatic heterocycles. The number of para-hydroxylation sites is 1. The average Bonchev–Trinajstić information content (AvgIpc) is 2.62. The largest absolute Gasteiger partial charge is 0.324 e. The highest BCUT2D eigenvalue weighted by Gasteiger charge is 2.29. The van der Waals surface area contributed by atoms with Crippen molar-refractivity contribution in [3.8, 4) is 0 Å². The Labute approximate surface area is 153 Å². The Hall–Kier alpha value is -3.01. The predicted octanol–water partition coefficient (Wildman–Crippen LogP) is 4.75. The van der Waals surface area contributed by atoms with Crippen molar-refractivity contribution >= 4 is 17.4 Å². The summed E-state index contributed by atoms with van der Waals surface area (Å²) in [7, 11) is 0. The Morgan fingerprint density at radius 1 is 0.923 bits per heavy atom. The van der Waals surface area contributed by atoms with E-state index in [1.54, 1.807) is 0 Å². The summed E-state index contributed by atoms with van der Waals surface area (Å²) in [6, 6.07) is 18.3. The second kappa shape index (κ2) is 6.71. The van der Waals surface area contributed by atoms with E-state index < -0.39 is 0 Å². The second-order valence-electron chi connectivity index (χ2n) is 6.88. The first-order chi connectivity index (χ1) is 12.6. The van der Waals surface area contributed by atoms with Crippen LogP contribution in [0, 0.1) is 13.8 Å². The van der Waals surface area contributed by atoms with E-state index in [9.17, 15) is 4.79 Å². The van der Waals surface area contributed by atoms with Crippen LogP contribution in [0.4, 0.5) is 11.6 Å². The Morgan fingerprint density at radius 2 is 1.65 bits per heavy atom. The van der Waals surface area contributed by atoms with Crippen molar-refractivity contribution in [3.05, 3.63) is 82.7 Å². The molecular formula is C22H21N3O. The lowest BCUT2D eigenvalue weighted by molar-refractivity contribution is 0.0962. The van der Waals surface area contributed by atoms with Crippen molar-refractivity contribution in [1.82, 2.24) is 9.97 Å². The van der Waals surface area contributed by atoms with E-state index in [0.29, 0.717) is 17.9 Å². The molecule has 1 N–H and O–H groups in total. The fraction of sp³-hybridized carbons (Fsp3) is 0.227. The van der Waals surface area contributed by atoms with Crippen molar-refractivity contribution in [2.45, 2.75) is 32.6 Å². The molecule has 130 valence electrons. The van der Waals surface area contributed by atoms with Gasteiger partial charge in [0.2, 0.25) is 5.95 Å². The number of aryl methyl sites for hydroxylation is 2. The number of nitrogens with zero attached hydrogens (tertiary/aromatic N) is 2. The monoisotopic (exact) mass is 343 g/mol. The van der Waals surface area contributed by atoms with Crippen molar-refractivity contribution in [1.29, 1.82) is 0 Å². The fourth-order valence-electron chi connectivity index (χ4n) is 3.55. The third-order valence-electron chi connectivity index (χ3n) is 4.89. The third kappa shape index (κ3) is 3.23. The first kappa shape index (κ1) is 16.5. The molecule has 0 spiro atoms. The zero-order valence-electron chi connectivity index (χ0n) is 15.0. The minimum absolute atomic E-state index is 0.139.